The smallest absolute Gasteiger partial charge is 0.0109 e. The molecular weight excluding hydrogens is 124 g/mol. The second-order valence-corrected chi connectivity index (χ2v) is 3.85. The van der Waals surface area contributed by atoms with Crippen molar-refractivity contribution >= 4 is 0 Å². The molecule has 0 saturated heterocycles. The van der Waals surface area contributed by atoms with Gasteiger partial charge in [0.25, 0.3) is 0 Å². The molecule has 0 fully saturated rings. The molecule has 0 heterocycles. The fraction of sp³-hybridized carbons (Fsp3) is 1.00. The van der Waals surface area contributed by atoms with Crippen LogP contribution in [0.4, 0.5) is 0 Å². The molecular formula is C8H20N2. The number of hydrogen-bond acceptors (Lipinski definition) is 2. The van der Waals surface area contributed by atoms with Crippen LogP contribution in [0.1, 0.15) is 34.1 Å². The van der Waals surface area contributed by atoms with Gasteiger partial charge in [0.1, 0.15) is 0 Å². The summed E-state index contributed by atoms with van der Waals surface area (Å²) in [5.74, 6) is 0. The summed E-state index contributed by atoms with van der Waals surface area (Å²) in [4.78, 5) is 0. The van der Waals surface area contributed by atoms with Crippen molar-refractivity contribution in [2.24, 2.45) is 5.73 Å². The third kappa shape index (κ3) is 7.92. The molecule has 0 aliphatic heterocycles. The molecule has 10 heavy (non-hydrogen) atoms. The summed E-state index contributed by atoms with van der Waals surface area (Å²) in [6.07, 6.45) is 1.03. The molecule has 0 aliphatic rings. The number of hydrogen-bond donors (Lipinski definition) is 2. The van der Waals surface area contributed by atoms with Gasteiger partial charge in [0.15, 0.2) is 0 Å². The Balaban J connectivity index is 3.21. The lowest BCUT2D eigenvalue weighted by molar-refractivity contribution is 0.440. The molecule has 0 unspecified atom stereocenters. The van der Waals surface area contributed by atoms with Crippen LogP contribution in [0.25, 0.3) is 0 Å². The van der Waals surface area contributed by atoms with Crippen LogP contribution in [0, 0.1) is 0 Å². The lowest BCUT2D eigenvalue weighted by Gasteiger charge is -2.19. The van der Waals surface area contributed by atoms with E-state index in [0.29, 0.717) is 6.04 Å². The van der Waals surface area contributed by atoms with Gasteiger partial charge in [-0.05, 0) is 26.8 Å². The molecule has 0 aromatic heterocycles. The molecule has 2 nitrogen and oxygen atoms in total. The lowest BCUT2D eigenvalue weighted by Crippen LogP contribution is -2.37. The molecule has 0 radical (unpaired) electrons. The van der Waals surface area contributed by atoms with Gasteiger partial charge in [0.05, 0.1) is 0 Å². The van der Waals surface area contributed by atoms with Crippen molar-refractivity contribution < 1.29 is 0 Å². The van der Waals surface area contributed by atoms with E-state index in [2.05, 4.69) is 33.0 Å². The first-order valence-corrected chi connectivity index (χ1v) is 3.94. The molecule has 0 rings (SSSR count). The molecule has 62 valence electrons. The number of rotatable bonds is 4. The van der Waals surface area contributed by atoms with Crippen LogP contribution in [0.3, 0.4) is 0 Å². The summed E-state index contributed by atoms with van der Waals surface area (Å²) in [6, 6.07) is 0.572. The van der Waals surface area contributed by atoms with Gasteiger partial charge in [-0.2, -0.15) is 0 Å². The first-order valence-electron chi connectivity index (χ1n) is 3.94. The predicted octanol–water partition coefficient (Wildman–Crippen LogP) is 1.11. The zero-order valence-electron chi connectivity index (χ0n) is 7.57. The maximum absolute atomic E-state index is 5.78. The Hall–Kier alpha value is -0.0800. The van der Waals surface area contributed by atoms with Crippen LogP contribution in [0.5, 0.6) is 0 Å². The monoisotopic (exact) mass is 144 g/mol. The minimum absolute atomic E-state index is 0.0259. The minimum atomic E-state index is -0.0259. The van der Waals surface area contributed by atoms with Gasteiger partial charge in [0, 0.05) is 11.6 Å². The van der Waals surface area contributed by atoms with Crippen molar-refractivity contribution in [3.8, 4) is 0 Å². The summed E-state index contributed by atoms with van der Waals surface area (Å²) in [5.41, 5.74) is 5.76. The van der Waals surface area contributed by atoms with E-state index >= 15 is 0 Å². The normalized spacial score (nSPS) is 12.6. The number of nitrogens with two attached hydrogens (primary N) is 1. The standard InChI is InChI=1S/C8H20N2/c1-7(2)10-6-5-8(3,4)9/h7,10H,5-6,9H2,1-4H3. The van der Waals surface area contributed by atoms with E-state index in [1.807, 2.05) is 0 Å². The van der Waals surface area contributed by atoms with Crippen molar-refractivity contribution in [1.29, 1.82) is 0 Å². The highest BCUT2D eigenvalue weighted by atomic mass is 14.9. The van der Waals surface area contributed by atoms with Gasteiger partial charge in [-0.1, -0.05) is 13.8 Å². The zero-order valence-corrected chi connectivity index (χ0v) is 7.57. The summed E-state index contributed by atoms with van der Waals surface area (Å²) < 4.78 is 0. The predicted molar refractivity (Wildman–Crippen MR) is 46.0 cm³/mol. The molecule has 0 aromatic carbocycles. The third-order valence-electron chi connectivity index (χ3n) is 1.32. The van der Waals surface area contributed by atoms with Crippen LogP contribution in [-0.4, -0.2) is 18.1 Å². The average molecular weight is 144 g/mol. The van der Waals surface area contributed by atoms with Gasteiger partial charge in [-0.25, -0.2) is 0 Å². The van der Waals surface area contributed by atoms with Crippen LogP contribution in [0.15, 0.2) is 0 Å². The number of nitrogens with one attached hydrogen (secondary N) is 1. The van der Waals surface area contributed by atoms with Gasteiger partial charge in [0.2, 0.25) is 0 Å². The Labute approximate surface area is 64.2 Å². The van der Waals surface area contributed by atoms with Crippen LogP contribution in [0.2, 0.25) is 0 Å². The summed E-state index contributed by atoms with van der Waals surface area (Å²) in [6.45, 7) is 9.40. The molecule has 0 bridgehead atoms. The van der Waals surface area contributed by atoms with Gasteiger partial charge >= 0.3 is 0 Å². The molecule has 0 atom stereocenters. The molecule has 3 N–H and O–H groups in total. The lowest BCUT2D eigenvalue weighted by atomic mass is 10.0. The Morgan fingerprint density at radius 1 is 1.40 bits per heavy atom. The van der Waals surface area contributed by atoms with Crippen molar-refractivity contribution in [2.45, 2.75) is 45.7 Å². The van der Waals surface area contributed by atoms with Gasteiger partial charge in [-0.15, -0.1) is 0 Å². The second kappa shape index (κ2) is 3.94. The molecule has 0 saturated carbocycles. The Kier molecular flexibility index (Phi) is 3.91. The topological polar surface area (TPSA) is 38.0 Å². The van der Waals surface area contributed by atoms with Crippen molar-refractivity contribution in [2.75, 3.05) is 6.54 Å². The fourth-order valence-corrected chi connectivity index (χ4v) is 0.683. The highest BCUT2D eigenvalue weighted by Crippen LogP contribution is 2.01. The minimum Gasteiger partial charge on any atom is -0.326 e. The zero-order chi connectivity index (χ0) is 8.20. The van der Waals surface area contributed by atoms with E-state index in [1.165, 1.54) is 0 Å². The van der Waals surface area contributed by atoms with E-state index in [1.54, 1.807) is 0 Å². The van der Waals surface area contributed by atoms with Crippen molar-refractivity contribution in [1.82, 2.24) is 5.32 Å². The summed E-state index contributed by atoms with van der Waals surface area (Å²) in [5, 5.41) is 3.32. The largest absolute Gasteiger partial charge is 0.326 e. The maximum Gasteiger partial charge on any atom is 0.0109 e. The first-order chi connectivity index (χ1) is 4.42. The molecule has 0 aromatic rings. The third-order valence-corrected chi connectivity index (χ3v) is 1.32. The average Bonchev–Trinajstić information content (AvgIpc) is 1.59. The highest BCUT2D eigenvalue weighted by molar-refractivity contribution is 4.72. The van der Waals surface area contributed by atoms with Crippen LogP contribution < -0.4 is 11.1 Å². The Morgan fingerprint density at radius 3 is 2.20 bits per heavy atom. The molecule has 0 aliphatic carbocycles. The van der Waals surface area contributed by atoms with E-state index in [-0.39, 0.29) is 5.54 Å². The highest BCUT2D eigenvalue weighted by Gasteiger charge is 2.08. The summed E-state index contributed by atoms with van der Waals surface area (Å²) >= 11 is 0. The van der Waals surface area contributed by atoms with E-state index in [4.69, 9.17) is 5.73 Å². The summed E-state index contributed by atoms with van der Waals surface area (Å²) in [7, 11) is 0. The first kappa shape index (κ1) is 9.92. The van der Waals surface area contributed by atoms with E-state index < -0.39 is 0 Å². The Morgan fingerprint density at radius 2 is 1.90 bits per heavy atom. The quantitative estimate of drug-likeness (QED) is 0.620. The van der Waals surface area contributed by atoms with E-state index in [9.17, 15) is 0 Å². The van der Waals surface area contributed by atoms with Gasteiger partial charge in [-0.3, -0.25) is 0 Å². The van der Waals surface area contributed by atoms with Gasteiger partial charge < -0.3 is 11.1 Å². The van der Waals surface area contributed by atoms with Crippen molar-refractivity contribution in [3.63, 3.8) is 0 Å². The Bertz CT molecular complexity index is 81.7. The molecule has 0 spiro atoms. The van der Waals surface area contributed by atoms with Crippen LogP contribution >= 0.6 is 0 Å². The fourth-order valence-electron chi connectivity index (χ4n) is 0.683. The molecule has 0 amide bonds. The second-order valence-electron chi connectivity index (χ2n) is 3.85. The van der Waals surface area contributed by atoms with E-state index in [0.717, 1.165) is 13.0 Å². The molecule has 2 heteroatoms. The van der Waals surface area contributed by atoms with Crippen molar-refractivity contribution in [3.05, 3.63) is 0 Å². The SMILES string of the molecule is CC(C)NCCC(C)(C)N. The maximum atomic E-state index is 5.78. The van der Waals surface area contributed by atoms with Crippen LogP contribution in [-0.2, 0) is 0 Å².